The van der Waals surface area contributed by atoms with Gasteiger partial charge in [0.2, 0.25) is 11.7 Å². The van der Waals surface area contributed by atoms with E-state index >= 15 is 0 Å². The van der Waals surface area contributed by atoms with Gasteiger partial charge in [0.1, 0.15) is 16.6 Å². The molecule has 0 bridgehead atoms. The molecule has 1 aromatic rings. The van der Waals surface area contributed by atoms with Crippen LogP contribution in [-0.4, -0.2) is 61.9 Å². The van der Waals surface area contributed by atoms with E-state index in [9.17, 15) is 9.59 Å². The number of rotatable bonds is 8. The number of carbonyl (C=O) groups excluding carboxylic acids is 2. The summed E-state index contributed by atoms with van der Waals surface area (Å²) in [6, 6.07) is 3.17. The van der Waals surface area contributed by atoms with Crippen molar-refractivity contribution in [1.82, 2.24) is 4.90 Å². The fraction of sp³-hybridized carbons (Fsp3) is 0.579. The molecular formula is C19H26INO7. The van der Waals surface area contributed by atoms with Gasteiger partial charge in [-0.15, -0.1) is 0 Å². The van der Waals surface area contributed by atoms with Crippen LogP contribution < -0.4 is 14.2 Å². The Bertz CT molecular complexity index is 699. The fourth-order valence-electron chi connectivity index (χ4n) is 3.13. The summed E-state index contributed by atoms with van der Waals surface area (Å²) in [7, 11) is 6.06. The Labute approximate surface area is 178 Å². The quantitative estimate of drug-likeness (QED) is 0.395. The Morgan fingerprint density at radius 3 is 2.14 bits per heavy atom. The number of hydrogen-bond acceptors (Lipinski definition) is 7. The molecule has 1 aromatic carbocycles. The van der Waals surface area contributed by atoms with Crippen molar-refractivity contribution in [1.29, 1.82) is 0 Å². The molecule has 0 radical (unpaired) electrons. The highest BCUT2D eigenvalue weighted by atomic mass is 127. The predicted molar refractivity (Wildman–Crippen MR) is 110 cm³/mol. The summed E-state index contributed by atoms with van der Waals surface area (Å²) in [5.41, 5.74) is 0.665. The average Bonchev–Trinajstić information content (AvgIpc) is 3.08. The summed E-state index contributed by atoms with van der Waals surface area (Å²) < 4.78 is 26.2. The second-order valence-electron chi connectivity index (χ2n) is 6.61. The van der Waals surface area contributed by atoms with Crippen molar-refractivity contribution in [3.05, 3.63) is 17.7 Å². The van der Waals surface area contributed by atoms with Crippen LogP contribution in [0.15, 0.2) is 12.1 Å². The smallest absolute Gasteiger partial charge is 0.417 e. The largest absolute Gasteiger partial charge is 0.493 e. The van der Waals surface area contributed by atoms with Crippen LogP contribution in [0.1, 0.15) is 25.5 Å². The number of imide groups is 1. The molecule has 1 aliphatic rings. The minimum atomic E-state index is -0.669. The van der Waals surface area contributed by atoms with Crippen molar-refractivity contribution in [2.45, 2.75) is 29.9 Å². The minimum Gasteiger partial charge on any atom is -0.493 e. The molecule has 9 heteroatoms. The third-order valence-corrected chi connectivity index (χ3v) is 5.87. The van der Waals surface area contributed by atoms with Crippen molar-refractivity contribution >= 4 is 34.6 Å². The first-order valence-corrected chi connectivity index (χ1v) is 10.0. The molecule has 3 atom stereocenters. The van der Waals surface area contributed by atoms with E-state index in [1.54, 1.807) is 12.1 Å². The monoisotopic (exact) mass is 507 g/mol. The minimum absolute atomic E-state index is 0.0844. The highest BCUT2D eigenvalue weighted by Crippen LogP contribution is 2.42. The van der Waals surface area contributed by atoms with Gasteiger partial charge in [0, 0.05) is 7.11 Å². The summed E-state index contributed by atoms with van der Waals surface area (Å²) in [5, 5.41) is 0. The van der Waals surface area contributed by atoms with Crippen LogP contribution in [0.2, 0.25) is 0 Å². The van der Waals surface area contributed by atoms with Crippen molar-refractivity contribution in [2.75, 3.05) is 35.0 Å². The van der Waals surface area contributed by atoms with Crippen molar-refractivity contribution < 1.29 is 33.3 Å². The molecule has 2 rings (SSSR count). The lowest BCUT2D eigenvalue weighted by atomic mass is 10.0. The third kappa shape index (κ3) is 4.29. The maximum atomic E-state index is 13.1. The van der Waals surface area contributed by atoms with E-state index in [4.69, 9.17) is 23.7 Å². The molecule has 1 fully saturated rings. The van der Waals surface area contributed by atoms with E-state index in [2.05, 4.69) is 0 Å². The average molecular weight is 507 g/mol. The van der Waals surface area contributed by atoms with E-state index in [1.165, 1.54) is 33.3 Å². The number of halogens is 1. The third-order valence-electron chi connectivity index (χ3n) is 4.68. The number of benzene rings is 1. The predicted octanol–water partition coefficient (Wildman–Crippen LogP) is 3.21. The van der Waals surface area contributed by atoms with Crippen LogP contribution in [0, 0.1) is 5.92 Å². The first-order chi connectivity index (χ1) is 13.3. The second-order valence-corrected chi connectivity index (χ2v) is 7.96. The molecular weight excluding hydrogens is 481 g/mol. The Morgan fingerprint density at radius 1 is 1.14 bits per heavy atom. The molecule has 0 saturated carbocycles. The Balaban J connectivity index is 2.39. The van der Waals surface area contributed by atoms with Crippen LogP contribution in [0.4, 0.5) is 4.79 Å². The topological polar surface area (TPSA) is 83.5 Å². The maximum absolute atomic E-state index is 13.1. The number of cyclic esters (lactones) is 1. The molecule has 156 valence electrons. The van der Waals surface area contributed by atoms with E-state index < -0.39 is 16.1 Å². The van der Waals surface area contributed by atoms with Gasteiger partial charge in [-0.25, -0.2) is 9.69 Å². The molecule has 8 nitrogen and oxygen atoms in total. The van der Waals surface area contributed by atoms with Gasteiger partial charge in [0.25, 0.3) is 0 Å². The van der Waals surface area contributed by atoms with Gasteiger partial charge >= 0.3 is 6.09 Å². The van der Waals surface area contributed by atoms with Gasteiger partial charge < -0.3 is 23.7 Å². The molecule has 28 heavy (non-hydrogen) atoms. The zero-order valence-corrected chi connectivity index (χ0v) is 19.0. The maximum Gasteiger partial charge on any atom is 0.417 e. The Hall–Kier alpha value is -1.75. The fourth-order valence-corrected chi connectivity index (χ4v) is 4.14. The number of nitrogens with zero attached hydrogens (tertiary/aromatic N) is 1. The molecule has 0 spiro atoms. The van der Waals surface area contributed by atoms with Crippen molar-refractivity contribution in [2.24, 2.45) is 5.92 Å². The highest BCUT2D eigenvalue weighted by Gasteiger charge is 2.44. The molecule has 0 aliphatic carbocycles. The van der Waals surface area contributed by atoms with E-state index in [0.717, 1.165) is 0 Å². The van der Waals surface area contributed by atoms with E-state index in [0.29, 0.717) is 22.8 Å². The first-order valence-electron chi connectivity index (χ1n) is 8.77. The number of alkyl halides is 1. The number of carbonyl (C=O) groups is 2. The van der Waals surface area contributed by atoms with Crippen LogP contribution in [-0.2, 0) is 14.3 Å². The van der Waals surface area contributed by atoms with Crippen LogP contribution in [0.25, 0.3) is 0 Å². The van der Waals surface area contributed by atoms with Gasteiger partial charge in [0.15, 0.2) is 11.5 Å². The van der Waals surface area contributed by atoms with Crippen LogP contribution in [0.3, 0.4) is 0 Å². The molecule has 1 saturated heterocycles. The number of ether oxygens (including phenoxy) is 5. The molecule has 0 N–H and O–H groups in total. The molecule has 2 amide bonds. The number of amides is 2. The number of methoxy groups -OCH3 is 4. The van der Waals surface area contributed by atoms with Crippen LogP contribution in [0.5, 0.6) is 17.2 Å². The Kier molecular flexibility index (Phi) is 7.76. The lowest BCUT2D eigenvalue weighted by Crippen LogP contribution is -2.46. The summed E-state index contributed by atoms with van der Waals surface area (Å²) in [5.74, 6) is 1.08. The zero-order chi connectivity index (χ0) is 21.0. The standard InChI is InChI=1S/C19H26INO7/c1-10(2)12-9-28-19(23)21(12)18(22)15(20)16(26-5)11-7-13(24-3)17(27-6)14(8-11)25-4/h7-8,10,12,15-16H,9H2,1-6H3/t12-,15+,16+/m1/s1. The highest BCUT2D eigenvalue weighted by molar-refractivity contribution is 14.1. The summed E-state index contributed by atoms with van der Waals surface area (Å²) in [6.07, 6.45) is -1.26. The van der Waals surface area contributed by atoms with Gasteiger partial charge in [-0.1, -0.05) is 36.4 Å². The zero-order valence-electron chi connectivity index (χ0n) is 16.9. The van der Waals surface area contributed by atoms with Gasteiger partial charge in [-0.05, 0) is 23.6 Å². The van der Waals surface area contributed by atoms with Gasteiger partial charge in [0.05, 0.1) is 27.4 Å². The van der Waals surface area contributed by atoms with Crippen molar-refractivity contribution in [3.63, 3.8) is 0 Å². The Morgan fingerprint density at radius 2 is 1.71 bits per heavy atom. The summed E-state index contributed by atoms with van der Waals surface area (Å²) >= 11 is 1.99. The lowest BCUT2D eigenvalue weighted by Gasteiger charge is -2.28. The second kappa shape index (κ2) is 9.64. The lowest BCUT2D eigenvalue weighted by molar-refractivity contribution is -0.131. The van der Waals surface area contributed by atoms with Gasteiger partial charge in [-0.2, -0.15) is 0 Å². The van der Waals surface area contributed by atoms with Crippen LogP contribution >= 0.6 is 22.6 Å². The summed E-state index contributed by atoms with van der Waals surface area (Å²) in [6.45, 7) is 4.09. The van der Waals surface area contributed by atoms with Crippen molar-refractivity contribution in [3.8, 4) is 17.2 Å². The molecule has 0 unspecified atom stereocenters. The normalized spacial score (nSPS) is 18.6. The van der Waals surface area contributed by atoms with E-state index in [1.807, 2.05) is 36.4 Å². The molecule has 1 aliphatic heterocycles. The number of hydrogen-bond donors (Lipinski definition) is 0. The molecule has 0 aromatic heterocycles. The van der Waals surface area contributed by atoms with Gasteiger partial charge in [-0.3, -0.25) is 4.79 Å². The first kappa shape index (κ1) is 22.5. The summed E-state index contributed by atoms with van der Waals surface area (Å²) in [4.78, 5) is 26.5. The SMILES string of the molecule is COc1cc([C@H](OC)[C@H](I)C(=O)N2C(=O)OC[C@@H]2C(C)C)cc(OC)c1OC. The van der Waals surface area contributed by atoms with E-state index in [-0.39, 0.29) is 24.5 Å². The molecule has 1 heterocycles.